The highest BCUT2D eigenvalue weighted by molar-refractivity contribution is 5.54. The molecule has 0 aliphatic carbocycles. The van der Waals surface area contributed by atoms with Crippen molar-refractivity contribution in [3.63, 3.8) is 0 Å². The van der Waals surface area contributed by atoms with Crippen LogP contribution in [0.2, 0.25) is 0 Å². The van der Waals surface area contributed by atoms with Crippen molar-refractivity contribution in [2.24, 2.45) is 0 Å². The predicted molar refractivity (Wildman–Crippen MR) is 90.1 cm³/mol. The average Bonchev–Trinajstić information content (AvgIpc) is 2.55. The molecule has 4 nitrogen and oxygen atoms in total. The Bertz CT molecular complexity index is 558. The van der Waals surface area contributed by atoms with Crippen molar-refractivity contribution in [1.82, 2.24) is 5.32 Å². The number of nitrogens with two attached hydrogens (primary N) is 1. The molecule has 0 unspecified atom stereocenters. The molecule has 0 atom stereocenters. The van der Waals surface area contributed by atoms with Gasteiger partial charge in [-0.3, -0.25) is 0 Å². The third kappa shape index (κ3) is 5.39. The molecule has 118 valence electrons. The van der Waals surface area contributed by atoms with Crippen LogP contribution in [-0.4, -0.2) is 26.8 Å². The summed E-state index contributed by atoms with van der Waals surface area (Å²) in [5, 5.41) is 3.32. The Morgan fingerprint density at radius 2 is 1.82 bits per heavy atom. The summed E-state index contributed by atoms with van der Waals surface area (Å²) < 4.78 is 10.8. The summed E-state index contributed by atoms with van der Waals surface area (Å²) >= 11 is 0. The first-order valence-corrected chi connectivity index (χ1v) is 7.54. The molecule has 4 heteroatoms. The van der Waals surface area contributed by atoms with Crippen molar-refractivity contribution in [2.45, 2.75) is 13.0 Å². The molecule has 0 fully saturated rings. The van der Waals surface area contributed by atoms with Gasteiger partial charge in [0.05, 0.1) is 12.3 Å². The highest BCUT2D eigenvalue weighted by Crippen LogP contribution is 2.23. The molecule has 0 aliphatic heterocycles. The van der Waals surface area contributed by atoms with Crippen molar-refractivity contribution >= 4 is 5.69 Å². The minimum absolute atomic E-state index is 0.531. The first kappa shape index (κ1) is 16.3. The smallest absolute Gasteiger partial charge is 0.142 e. The Morgan fingerprint density at radius 3 is 2.55 bits per heavy atom. The van der Waals surface area contributed by atoms with E-state index in [9.17, 15) is 0 Å². The Labute approximate surface area is 132 Å². The van der Waals surface area contributed by atoms with Crippen LogP contribution in [0.5, 0.6) is 5.75 Å². The number of nitrogen functional groups attached to an aromatic ring is 1. The molecule has 0 saturated carbocycles. The summed E-state index contributed by atoms with van der Waals surface area (Å²) in [5.41, 5.74) is 9.09. The molecule has 0 amide bonds. The third-order valence-electron chi connectivity index (χ3n) is 3.38. The molecular weight excluding hydrogens is 276 g/mol. The largest absolute Gasteiger partial charge is 0.487 e. The molecule has 2 aromatic rings. The van der Waals surface area contributed by atoms with Gasteiger partial charge in [0.15, 0.2) is 0 Å². The minimum atomic E-state index is 0.531. The SMILES string of the molecule is COCCNCCc1ccc(OCc2ccccc2)c(N)c1. The highest BCUT2D eigenvalue weighted by atomic mass is 16.5. The second-order valence-electron chi connectivity index (χ2n) is 5.14. The van der Waals surface area contributed by atoms with Crippen LogP contribution in [0.3, 0.4) is 0 Å². The Hall–Kier alpha value is -2.04. The molecule has 3 N–H and O–H groups in total. The van der Waals surface area contributed by atoms with E-state index in [-0.39, 0.29) is 0 Å². The van der Waals surface area contributed by atoms with Gasteiger partial charge in [-0.05, 0) is 36.2 Å². The average molecular weight is 300 g/mol. The number of rotatable bonds is 9. The van der Waals surface area contributed by atoms with Crippen LogP contribution < -0.4 is 15.8 Å². The first-order valence-electron chi connectivity index (χ1n) is 7.54. The van der Waals surface area contributed by atoms with E-state index < -0.39 is 0 Å². The van der Waals surface area contributed by atoms with Crippen molar-refractivity contribution in [2.75, 3.05) is 32.5 Å². The van der Waals surface area contributed by atoms with Crippen LogP contribution >= 0.6 is 0 Å². The molecule has 22 heavy (non-hydrogen) atoms. The topological polar surface area (TPSA) is 56.5 Å². The molecule has 2 rings (SSSR count). The Kier molecular flexibility index (Phi) is 6.74. The summed E-state index contributed by atoms with van der Waals surface area (Å²) in [6.07, 6.45) is 0.937. The van der Waals surface area contributed by atoms with Gasteiger partial charge in [0, 0.05) is 13.7 Å². The molecule has 0 bridgehead atoms. The summed E-state index contributed by atoms with van der Waals surface area (Å²) in [6, 6.07) is 16.1. The van der Waals surface area contributed by atoms with E-state index in [2.05, 4.69) is 11.4 Å². The van der Waals surface area contributed by atoms with E-state index in [0.717, 1.165) is 37.4 Å². The van der Waals surface area contributed by atoms with Gasteiger partial charge in [-0.25, -0.2) is 0 Å². The quantitative estimate of drug-likeness (QED) is 0.552. The van der Waals surface area contributed by atoms with Gasteiger partial charge >= 0.3 is 0 Å². The van der Waals surface area contributed by atoms with E-state index in [1.54, 1.807) is 7.11 Å². The summed E-state index contributed by atoms with van der Waals surface area (Å²) in [7, 11) is 1.70. The van der Waals surface area contributed by atoms with Crippen molar-refractivity contribution in [3.05, 3.63) is 59.7 Å². The van der Waals surface area contributed by atoms with Crippen LogP contribution in [0.25, 0.3) is 0 Å². The fourth-order valence-corrected chi connectivity index (χ4v) is 2.15. The standard InChI is InChI=1S/C18H24N2O2/c1-21-12-11-20-10-9-15-7-8-18(17(19)13-15)22-14-16-5-3-2-4-6-16/h2-8,13,20H,9-12,14,19H2,1H3. The molecule has 2 aromatic carbocycles. The highest BCUT2D eigenvalue weighted by Gasteiger charge is 2.03. The summed E-state index contributed by atoms with van der Waals surface area (Å²) in [5.74, 6) is 0.736. The second-order valence-corrected chi connectivity index (χ2v) is 5.14. The van der Waals surface area contributed by atoms with E-state index in [0.29, 0.717) is 12.3 Å². The van der Waals surface area contributed by atoms with Gasteiger partial charge in [0.1, 0.15) is 12.4 Å². The number of methoxy groups -OCH3 is 1. The molecule has 0 spiro atoms. The van der Waals surface area contributed by atoms with Gasteiger partial charge in [-0.1, -0.05) is 36.4 Å². The lowest BCUT2D eigenvalue weighted by Gasteiger charge is -2.11. The number of hydrogen-bond donors (Lipinski definition) is 2. The second kappa shape index (κ2) is 9.07. The van der Waals surface area contributed by atoms with Crippen LogP contribution in [0.4, 0.5) is 5.69 Å². The maximum Gasteiger partial charge on any atom is 0.142 e. The number of benzene rings is 2. The van der Waals surface area contributed by atoms with Crippen LogP contribution in [0, 0.1) is 0 Å². The summed E-state index contributed by atoms with van der Waals surface area (Å²) in [4.78, 5) is 0. The zero-order chi connectivity index (χ0) is 15.6. The van der Waals surface area contributed by atoms with E-state index >= 15 is 0 Å². The molecule has 0 aliphatic rings. The third-order valence-corrected chi connectivity index (χ3v) is 3.38. The van der Waals surface area contributed by atoms with Gasteiger partial charge in [0.2, 0.25) is 0 Å². The number of hydrogen-bond acceptors (Lipinski definition) is 4. The Balaban J connectivity index is 1.81. The Morgan fingerprint density at radius 1 is 1.00 bits per heavy atom. The molecule has 0 aromatic heterocycles. The number of ether oxygens (including phenoxy) is 2. The van der Waals surface area contributed by atoms with Gasteiger partial charge in [0.25, 0.3) is 0 Å². The normalized spacial score (nSPS) is 10.6. The van der Waals surface area contributed by atoms with Crippen LogP contribution in [0.1, 0.15) is 11.1 Å². The maximum absolute atomic E-state index is 6.07. The lowest BCUT2D eigenvalue weighted by Crippen LogP contribution is -2.21. The molecule has 0 radical (unpaired) electrons. The molecule has 0 saturated heterocycles. The van der Waals surface area contributed by atoms with Gasteiger partial charge < -0.3 is 20.5 Å². The van der Waals surface area contributed by atoms with E-state index in [1.165, 1.54) is 5.56 Å². The lowest BCUT2D eigenvalue weighted by molar-refractivity contribution is 0.199. The minimum Gasteiger partial charge on any atom is -0.487 e. The zero-order valence-electron chi connectivity index (χ0n) is 13.0. The van der Waals surface area contributed by atoms with Gasteiger partial charge in [-0.2, -0.15) is 0 Å². The zero-order valence-corrected chi connectivity index (χ0v) is 13.0. The van der Waals surface area contributed by atoms with Crippen molar-refractivity contribution in [3.8, 4) is 5.75 Å². The van der Waals surface area contributed by atoms with Crippen molar-refractivity contribution in [1.29, 1.82) is 0 Å². The lowest BCUT2D eigenvalue weighted by atomic mass is 10.1. The van der Waals surface area contributed by atoms with E-state index in [4.69, 9.17) is 15.2 Å². The van der Waals surface area contributed by atoms with E-state index in [1.807, 2.05) is 42.5 Å². The fourth-order valence-electron chi connectivity index (χ4n) is 2.15. The monoisotopic (exact) mass is 300 g/mol. The van der Waals surface area contributed by atoms with Crippen molar-refractivity contribution < 1.29 is 9.47 Å². The summed E-state index contributed by atoms with van der Waals surface area (Å²) in [6.45, 7) is 3.04. The van der Waals surface area contributed by atoms with Crippen LogP contribution in [-0.2, 0) is 17.8 Å². The maximum atomic E-state index is 6.07. The first-order chi connectivity index (χ1) is 10.8. The fraction of sp³-hybridized carbons (Fsp3) is 0.333. The molecular formula is C18H24N2O2. The predicted octanol–water partition coefficient (Wildman–Crippen LogP) is 2.63. The molecule has 0 heterocycles. The number of anilines is 1. The van der Waals surface area contributed by atoms with Crippen LogP contribution in [0.15, 0.2) is 48.5 Å². The van der Waals surface area contributed by atoms with Gasteiger partial charge in [-0.15, -0.1) is 0 Å². The number of nitrogens with one attached hydrogen (secondary N) is 1.